The van der Waals surface area contributed by atoms with Crippen LogP contribution in [0, 0.1) is 0 Å². The van der Waals surface area contributed by atoms with Gasteiger partial charge in [0.15, 0.2) is 15.4 Å². The van der Waals surface area contributed by atoms with Gasteiger partial charge in [-0.25, -0.2) is 13.4 Å². The Labute approximate surface area is 186 Å². The molecule has 0 spiro atoms. The van der Waals surface area contributed by atoms with Crippen LogP contribution in [0.3, 0.4) is 0 Å². The predicted octanol–water partition coefficient (Wildman–Crippen LogP) is 4.70. The van der Waals surface area contributed by atoms with Crippen LogP contribution in [-0.4, -0.2) is 31.7 Å². The van der Waals surface area contributed by atoms with E-state index in [1.165, 1.54) is 12.1 Å². The molecular formula is C24H22N2O5S. The first-order valence-electron chi connectivity index (χ1n) is 10.2. The lowest BCUT2D eigenvalue weighted by Crippen LogP contribution is -2.17. The van der Waals surface area contributed by atoms with Crippen molar-refractivity contribution >= 4 is 32.5 Å². The maximum Gasteiger partial charge on any atom is 0.227 e. The van der Waals surface area contributed by atoms with Gasteiger partial charge in [-0.3, -0.25) is 4.79 Å². The number of benzene rings is 3. The van der Waals surface area contributed by atoms with Crippen LogP contribution in [0.25, 0.3) is 22.6 Å². The molecule has 4 rings (SSSR count). The summed E-state index contributed by atoms with van der Waals surface area (Å²) < 4.78 is 36.0. The Morgan fingerprint density at radius 1 is 1.03 bits per heavy atom. The third-order valence-electron chi connectivity index (χ3n) is 4.78. The van der Waals surface area contributed by atoms with Crippen molar-refractivity contribution in [2.75, 3.05) is 17.7 Å². The fourth-order valence-electron chi connectivity index (χ4n) is 3.19. The van der Waals surface area contributed by atoms with E-state index in [9.17, 15) is 13.2 Å². The number of aromatic nitrogens is 1. The van der Waals surface area contributed by atoms with Crippen molar-refractivity contribution in [1.29, 1.82) is 0 Å². The summed E-state index contributed by atoms with van der Waals surface area (Å²) in [5.41, 5.74) is 2.50. The molecule has 4 aromatic rings. The van der Waals surface area contributed by atoms with E-state index in [0.29, 0.717) is 29.3 Å². The summed E-state index contributed by atoms with van der Waals surface area (Å²) in [6.45, 7) is 2.52. The second-order valence-corrected chi connectivity index (χ2v) is 9.20. The first kappa shape index (κ1) is 21.6. The van der Waals surface area contributed by atoms with Crippen molar-refractivity contribution in [2.45, 2.75) is 18.2 Å². The lowest BCUT2D eigenvalue weighted by Gasteiger charge is -2.06. The van der Waals surface area contributed by atoms with Crippen LogP contribution in [0.15, 0.2) is 82.1 Å². The monoisotopic (exact) mass is 450 g/mol. The van der Waals surface area contributed by atoms with E-state index in [1.54, 1.807) is 36.4 Å². The van der Waals surface area contributed by atoms with Gasteiger partial charge in [-0.05, 0) is 61.5 Å². The van der Waals surface area contributed by atoms with Crippen LogP contribution in [-0.2, 0) is 14.6 Å². The quantitative estimate of drug-likeness (QED) is 0.418. The molecule has 0 atom stereocenters. The van der Waals surface area contributed by atoms with Gasteiger partial charge < -0.3 is 14.5 Å². The maximum atomic E-state index is 12.3. The molecule has 164 valence electrons. The highest BCUT2D eigenvalue weighted by Crippen LogP contribution is 2.27. The number of carbonyl (C=O) groups is 1. The van der Waals surface area contributed by atoms with Crippen molar-refractivity contribution in [3.05, 3.63) is 72.8 Å². The molecule has 8 heteroatoms. The topological polar surface area (TPSA) is 98.5 Å². The van der Waals surface area contributed by atoms with Gasteiger partial charge in [0, 0.05) is 17.7 Å². The number of amides is 1. The van der Waals surface area contributed by atoms with Crippen molar-refractivity contribution in [3.8, 4) is 17.2 Å². The number of carbonyl (C=O) groups excluding carboxylic acids is 1. The van der Waals surface area contributed by atoms with E-state index in [1.807, 2.05) is 31.2 Å². The molecular weight excluding hydrogens is 428 g/mol. The van der Waals surface area contributed by atoms with Gasteiger partial charge in [-0.1, -0.05) is 18.2 Å². The number of rotatable bonds is 8. The molecule has 1 heterocycles. The molecule has 0 radical (unpaired) electrons. The van der Waals surface area contributed by atoms with E-state index in [-0.39, 0.29) is 23.0 Å². The fourth-order valence-corrected chi connectivity index (χ4v) is 4.45. The Morgan fingerprint density at radius 2 is 1.78 bits per heavy atom. The molecule has 0 unspecified atom stereocenters. The van der Waals surface area contributed by atoms with Gasteiger partial charge in [-0.15, -0.1) is 0 Å². The van der Waals surface area contributed by atoms with Crippen molar-refractivity contribution in [1.82, 2.24) is 4.98 Å². The summed E-state index contributed by atoms with van der Waals surface area (Å²) in [6.07, 6.45) is -0.147. The van der Waals surface area contributed by atoms with E-state index < -0.39 is 9.84 Å². The molecule has 0 aliphatic carbocycles. The van der Waals surface area contributed by atoms with Gasteiger partial charge in [0.25, 0.3) is 0 Å². The lowest BCUT2D eigenvalue weighted by molar-refractivity contribution is -0.115. The highest BCUT2D eigenvalue weighted by atomic mass is 32.2. The van der Waals surface area contributed by atoms with E-state index >= 15 is 0 Å². The zero-order valence-electron chi connectivity index (χ0n) is 17.4. The van der Waals surface area contributed by atoms with Crippen LogP contribution in [0.1, 0.15) is 13.3 Å². The Kier molecular flexibility index (Phi) is 6.23. The third kappa shape index (κ3) is 4.97. The van der Waals surface area contributed by atoms with E-state index in [4.69, 9.17) is 9.15 Å². The van der Waals surface area contributed by atoms with Gasteiger partial charge in [0.2, 0.25) is 11.8 Å². The van der Waals surface area contributed by atoms with Crippen LogP contribution >= 0.6 is 0 Å². The fraction of sp³-hybridized carbons (Fsp3) is 0.167. The number of nitrogens with zero attached hydrogens (tertiary/aromatic N) is 1. The van der Waals surface area contributed by atoms with Crippen molar-refractivity contribution < 1.29 is 22.4 Å². The van der Waals surface area contributed by atoms with Crippen LogP contribution in [0.4, 0.5) is 5.69 Å². The van der Waals surface area contributed by atoms with Gasteiger partial charge >= 0.3 is 0 Å². The van der Waals surface area contributed by atoms with Crippen LogP contribution in [0.2, 0.25) is 0 Å². The number of ether oxygens (including phenoxy) is 1. The normalized spacial score (nSPS) is 11.4. The van der Waals surface area contributed by atoms with E-state index in [0.717, 1.165) is 11.3 Å². The molecule has 32 heavy (non-hydrogen) atoms. The molecule has 0 bridgehead atoms. The average molecular weight is 451 g/mol. The molecule has 0 saturated heterocycles. The average Bonchev–Trinajstić information content (AvgIpc) is 3.23. The lowest BCUT2D eigenvalue weighted by atomic mass is 10.2. The Hall–Kier alpha value is -3.65. The Bertz CT molecular complexity index is 1330. The largest absolute Gasteiger partial charge is 0.494 e. The number of nitrogens with one attached hydrogen (secondary N) is 1. The Balaban J connectivity index is 1.43. The second-order valence-electron chi connectivity index (χ2n) is 7.09. The molecule has 0 aliphatic heterocycles. The van der Waals surface area contributed by atoms with E-state index in [2.05, 4.69) is 10.3 Å². The highest BCUT2D eigenvalue weighted by Gasteiger charge is 2.16. The minimum absolute atomic E-state index is 0.147. The molecule has 0 saturated carbocycles. The summed E-state index contributed by atoms with van der Waals surface area (Å²) in [6, 6.07) is 20.6. The SMILES string of the molecule is CCOc1ccc(-c2nc3cc(NC(=O)CCS(=O)(=O)c4ccccc4)ccc3o2)cc1. The molecule has 1 N–H and O–H groups in total. The van der Waals surface area contributed by atoms with Gasteiger partial charge in [0.05, 0.1) is 17.3 Å². The summed E-state index contributed by atoms with van der Waals surface area (Å²) in [7, 11) is -3.51. The summed E-state index contributed by atoms with van der Waals surface area (Å²) in [5.74, 6) is 0.572. The third-order valence-corrected chi connectivity index (χ3v) is 6.52. The minimum Gasteiger partial charge on any atom is -0.494 e. The van der Waals surface area contributed by atoms with Crippen LogP contribution in [0.5, 0.6) is 5.75 Å². The van der Waals surface area contributed by atoms with Gasteiger partial charge in [0.1, 0.15) is 11.3 Å². The number of oxazole rings is 1. The maximum absolute atomic E-state index is 12.3. The molecule has 3 aromatic carbocycles. The van der Waals surface area contributed by atoms with Crippen molar-refractivity contribution in [3.63, 3.8) is 0 Å². The Morgan fingerprint density at radius 3 is 2.50 bits per heavy atom. The highest BCUT2D eigenvalue weighted by molar-refractivity contribution is 7.91. The number of anilines is 1. The molecule has 0 aliphatic rings. The van der Waals surface area contributed by atoms with Crippen LogP contribution < -0.4 is 10.1 Å². The summed E-state index contributed by atoms with van der Waals surface area (Å²) in [4.78, 5) is 17.0. The van der Waals surface area contributed by atoms with Crippen molar-refractivity contribution in [2.24, 2.45) is 0 Å². The zero-order valence-corrected chi connectivity index (χ0v) is 18.3. The summed E-state index contributed by atoms with van der Waals surface area (Å²) in [5, 5.41) is 2.73. The molecule has 1 amide bonds. The smallest absolute Gasteiger partial charge is 0.227 e. The number of hydrogen-bond acceptors (Lipinski definition) is 6. The number of hydrogen-bond donors (Lipinski definition) is 1. The minimum atomic E-state index is -3.51. The first-order chi connectivity index (χ1) is 15.4. The predicted molar refractivity (Wildman–Crippen MR) is 122 cm³/mol. The number of sulfone groups is 1. The summed E-state index contributed by atoms with van der Waals surface area (Å²) >= 11 is 0. The number of fused-ring (bicyclic) bond motifs is 1. The molecule has 1 aromatic heterocycles. The standard InChI is InChI=1S/C24H22N2O5S/c1-2-30-19-11-8-17(9-12-19)24-26-21-16-18(10-13-22(21)31-24)25-23(27)14-15-32(28,29)20-6-4-3-5-7-20/h3-13,16H,2,14-15H2,1H3,(H,25,27). The molecule has 0 fully saturated rings. The zero-order chi connectivity index (χ0) is 22.6. The first-order valence-corrected chi connectivity index (χ1v) is 11.8. The van der Waals surface area contributed by atoms with Gasteiger partial charge in [-0.2, -0.15) is 0 Å². The second kappa shape index (κ2) is 9.23. The molecule has 7 nitrogen and oxygen atoms in total.